The Bertz CT molecular complexity index is 605. The second-order valence-electron chi connectivity index (χ2n) is 5.49. The summed E-state index contributed by atoms with van der Waals surface area (Å²) in [5.74, 6) is 1.01. The number of rotatable bonds is 4. The molecule has 1 aliphatic heterocycles. The summed E-state index contributed by atoms with van der Waals surface area (Å²) in [6, 6.07) is 6.31. The number of piperidine rings is 1. The molecule has 0 radical (unpaired) electrons. The molecule has 4 heteroatoms. The van der Waals surface area contributed by atoms with E-state index in [0.717, 1.165) is 30.6 Å². The van der Waals surface area contributed by atoms with Crippen LogP contribution in [0.25, 0.3) is 5.52 Å². The zero-order valence-electron chi connectivity index (χ0n) is 12.0. The predicted molar refractivity (Wildman–Crippen MR) is 79.2 cm³/mol. The van der Waals surface area contributed by atoms with Gasteiger partial charge in [0.2, 0.25) is 0 Å². The van der Waals surface area contributed by atoms with Crippen LogP contribution in [0.4, 0.5) is 0 Å². The standard InChI is InChI=1S/C16H21N3O/c1-2-18-9-4-3-6-13(18)10-16-17-11-14-7-5-8-15(12-20)19(14)16/h5,7-8,11-13H,2-4,6,9-10H2,1H3. The van der Waals surface area contributed by atoms with E-state index in [1.54, 1.807) is 0 Å². The molecule has 0 aromatic carbocycles. The van der Waals surface area contributed by atoms with E-state index in [-0.39, 0.29) is 0 Å². The lowest BCUT2D eigenvalue weighted by Gasteiger charge is -2.34. The molecule has 0 N–H and O–H groups in total. The largest absolute Gasteiger partial charge is 0.300 e. The summed E-state index contributed by atoms with van der Waals surface area (Å²) in [5.41, 5.74) is 1.69. The van der Waals surface area contributed by atoms with Crippen LogP contribution in [-0.4, -0.2) is 39.7 Å². The van der Waals surface area contributed by atoms with Gasteiger partial charge in [-0.15, -0.1) is 0 Å². The predicted octanol–water partition coefficient (Wildman–Crippen LogP) is 2.56. The molecule has 106 valence electrons. The van der Waals surface area contributed by atoms with Gasteiger partial charge < -0.3 is 4.90 Å². The van der Waals surface area contributed by atoms with Crippen LogP contribution in [0.15, 0.2) is 24.4 Å². The van der Waals surface area contributed by atoms with Gasteiger partial charge in [0.15, 0.2) is 6.29 Å². The summed E-state index contributed by atoms with van der Waals surface area (Å²) in [6.45, 7) is 4.50. The monoisotopic (exact) mass is 271 g/mol. The lowest BCUT2D eigenvalue weighted by molar-refractivity contribution is 0.111. The van der Waals surface area contributed by atoms with Gasteiger partial charge in [-0.25, -0.2) is 4.98 Å². The number of imidazole rings is 1. The highest BCUT2D eigenvalue weighted by atomic mass is 16.1. The Morgan fingerprint density at radius 1 is 1.40 bits per heavy atom. The Morgan fingerprint density at radius 2 is 2.30 bits per heavy atom. The van der Waals surface area contributed by atoms with Crippen LogP contribution in [-0.2, 0) is 6.42 Å². The smallest absolute Gasteiger partial charge is 0.166 e. The van der Waals surface area contributed by atoms with E-state index in [9.17, 15) is 4.79 Å². The minimum atomic E-state index is 0.555. The minimum Gasteiger partial charge on any atom is -0.300 e. The van der Waals surface area contributed by atoms with Crippen molar-refractivity contribution in [3.05, 3.63) is 35.9 Å². The maximum atomic E-state index is 11.2. The Balaban J connectivity index is 1.92. The molecule has 1 atom stereocenters. The highest BCUT2D eigenvalue weighted by molar-refractivity contribution is 5.74. The first kappa shape index (κ1) is 13.3. The zero-order valence-corrected chi connectivity index (χ0v) is 12.0. The van der Waals surface area contributed by atoms with E-state index in [0.29, 0.717) is 11.7 Å². The number of aldehydes is 1. The first-order chi connectivity index (χ1) is 9.83. The molecule has 1 aliphatic rings. The zero-order chi connectivity index (χ0) is 13.9. The average molecular weight is 271 g/mol. The number of carbonyl (C=O) groups is 1. The normalized spacial score (nSPS) is 20.4. The first-order valence-electron chi connectivity index (χ1n) is 7.48. The maximum absolute atomic E-state index is 11.2. The third kappa shape index (κ3) is 2.36. The molecule has 3 rings (SSSR count). The Morgan fingerprint density at radius 3 is 3.10 bits per heavy atom. The lowest BCUT2D eigenvalue weighted by atomic mass is 9.99. The van der Waals surface area contributed by atoms with Gasteiger partial charge in [0.25, 0.3) is 0 Å². The number of likely N-dealkylation sites (N-methyl/N-ethyl adjacent to an activating group) is 1. The van der Waals surface area contributed by atoms with Crippen molar-refractivity contribution in [2.75, 3.05) is 13.1 Å². The van der Waals surface area contributed by atoms with Crippen molar-refractivity contribution < 1.29 is 4.79 Å². The number of nitrogens with zero attached hydrogens (tertiary/aromatic N) is 3. The van der Waals surface area contributed by atoms with E-state index in [2.05, 4.69) is 16.8 Å². The molecule has 2 aromatic heterocycles. The van der Waals surface area contributed by atoms with Crippen molar-refractivity contribution in [1.29, 1.82) is 0 Å². The molecule has 0 bridgehead atoms. The Hall–Kier alpha value is -1.68. The highest BCUT2D eigenvalue weighted by Crippen LogP contribution is 2.21. The Kier molecular flexibility index (Phi) is 3.83. The third-order valence-electron chi connectivity index (χ3n) is 4.35. The summed E-state index contributed by atoms with van der Waals surface area (Å²) >= 11 is 0. The first-order valence-corrected chi connectivity index (χ1v) is 7.48. The van der Waals surface area contributed by atoms with Crippen molar-refractivity contribution in [2.24, 2.45) is 0 Å². The summed E-state index contributed by atoms with van der Waals surface area (Å²) in [7, 11) is 0. The second-order valence-corrected chi connectivity index (χ2v) is 5.49. The van der Waals surface area contributed by atoms with E-state index >= 15 is 0 Å². The van der Waals surface area contributed by atoms with Gasteiger partial charge in [0, 0.05) is 12.5 Å². The van der Waals surface area contributed by atoms with E-state index < -0.39 is 0 Å². The molecule has 1 fully saturated rings. The van der Waals surface area contributed by atoms with Crippen LogP contribution in [0.2, 0.25) is 0 Å². The maximum Gasteiger partial charge on any atom is 0.166 e. The number of likely N-dealkylation sites (tertiary alicyclic amines) is 1. The summed E-state index contributed by atoms with van der Waals surface area (Å²) in [5, 5.41) is 0. The molecule has 1 unspecified atom stereocenters. The number of aromatic nitrogens is 2. The van der Waals surface area contributed by atoms with Crippen molar-refractivity contribution in [3.63, 3.8) is 0 Å². The molecule has 0 spiro atoms. The quantitative estimate of drug-likeness (QED) is 0.802. The topological polar surface area (TPSA) is 37.6 Å². The number of carbonyl (C=O) groups excluding carboxylic acids is 1. The Labute approximate surface area is 119 Å². The molecule has 20 heavy (non-hydrogen) atoms. The molecule has 3 heterocycles. The summed E-state index contributed by atoms with van der Waals surface area (Å²) in [6.07, 6.45) is 7.52. The van der Waals surface area contributed by atoms with Gasteiger partial charge in [0.1, 0.15) is 5.82 Å². The van der Waals surface area contributed by atoms with E-state index in [4.69, 9.17) is 0 Å². The van der Waals surface area contributed by atoms with E-state index in [1.165, 1.54) is 25.8 Å². The van der Waals surface area contributed by atoms with Crippen molar-refractivity contribution in [2.45, 2.75) is 38.6 Å². The van der Waals surface area contributed by atoms with Gasteiger partial charge in [-0.05, 0) is 38.1 Å². The van der Waals surface area contributed by atoms with E-state index in [1.807, 2.05) is 28.8 Å². The fourth-order valence-corrected chi connectivity index (χ4v) is 3.29. The fourth-order valence-electron chi connectivity index (χ4n) is 3.29. The fraction of sp³-hybridized carbons (Fsp3) is 0.500. The number of hydrogen-bond donors (Lipinski definition) is 0. The number of pyridine rings is 1. The van der Waals surface area contributed by atoms with Crippen LogP contribution >= 0.6 is 0 Å². The lowest BCUT2D eigenvalue weighted by Crippen LogP contribution is -2.41. The van der Waals surface area contributed by atoms with Crippen molar-refractivity contribution in [3.8, 4) is 0 Å². The van der Waals surface area contributed by atoms with Crippen molar-refractivity contribution in [1.82, 2.24) is 14.3 Å². The number of fused-ring (bicyclic) bond motifs is 1. The van der Waals surface area contributed by atoms with Crippen LogP contribution in [0.3, 0.4) is 0 Å². The molecular weight excluding hydrogens is 250 g/mol. The minimum absolute atomic E-state index is 0.555. The molecule has 0 saturated carbocycles. The van der Waals surface area contributed by atoms with Crippen LogP contribution in [0.5, 0.6) is 0 Å². The molecular formula is C16H21N3O. The van der Waals surface area contributed by atoms with Gasteiger partial charge in [-0.3, -0.25) is 9.20 Å². The summed E-state index contributed by atoms with van der Waals surface area (Å²) in [4.78, 5) is 18.3. The average Bonchev–Trinajstić information content (AvgIpc) is 2.91. The van der Waals surface area contributed by atoms with Crippen LogP contribution in [0, 0.1) is 0 Å². The van der Waals surface area contributed by atoms with Gasteiger partial charge >= 0.3 is 0 Å². The molecule has 1 saturated heterocycles. The third-order valence-corrected chi connectivity index (χ3v) is 4.35. The van der Waals surface area contributed by atoms with Gasteiger partial charge in [-0.1, -0.05) is 19.4 Å². The van der Waals surface area contributed by atoms with Crippen molar-refractivity contribution >= 4 is 11.8 Å². The van der Waals surface area contributed by atoms with Gasteiger partial charge in [-0.2, -0.15) is 0 Å². The molecule has 2 aromatic rings. The van der Waals surface area contributed by atoms with Crippen LogP contribution < -0.4 is 0 Å². The van der Waals surface area contributed by atoms with Crippen LogP contribution in [0.1, 0.15) is 42.5 Å². The molecule has 4 nitrogen and oxygen atoms in total. The molecule has 0 aliphatic carbocycles. The molecule has 0 amide bonds. The SMILES string of the molecule is CCN1CCCCC1Cc1ncc2cccc(C=O)n12. The summed E-state index contributed by atoms with van der Waals surface area (Å²) < 4.78 is 2.00. The van der Waals surface area contributed by atoms with Gasteiger partial charge in [0.05, 0.1) is 17.4 Å². The number of hydrogen-bond acceptors (Lipinski definition) is 3. The highest BCUT2D eigenvalue weighted by Gasteiger charge is 2.23. The second kappa shape index (κ2) is 5.75.